The van der Waals surface area contributed by atoms with Gasteiger partial charge in [-0.3, -0.25) is 9.59 Å². The highest BCUT2D eigenvalue weighted by Crippen LogP contribution is 2.11. The molecule has 4 nitrogen and oxygen atoms in total. The first-order valence-corrected chi connectivity index (χ1v) is 5.19. The van der Waals surface area contributed by atoms with E-state index in [2.05, 4.69) is 13.2 Å². The van der Waals surface area contributed by atoms with Crippen LogP contribution in [-0.2, 0) is 19.1 Å². The van der Waals surface area contributed by atoms with Crippen LogP contribution >= 0.6 is 0 Å². The molecule has 0 aliphatic rings. The van der Waals surface area contributed by atoms with Gasteiger partial charge in [-0.05, 0) is 6.42 Å². The molecule has 0 radical (unpaired) electrons. The van der Waals surface area contributed by atoms with E-state index in [1.807, 2.05) is 6.92 Å². The maximum absolute atomic E-state index is 11.4. The minimum Gasteiger partial charge on any atom is -0.461 e. The van der Waals surface area contributed by atoms with E-state index in [1.165, 1.54) is 12.2 Å². The minimum atomic E-state index is -0.447. The first-order valence-electron chi connectivity index (χ1n) is 5.19. The van der Waals surface area contributed by atoms with Crippen molar-refractivity contribution >= 4 is 11.9 Å². The van der Waals surface area contributed by atoms with Gasteiger partial charge in [-0.1, -0.05) is 32.2 Å². The molecule has 0 fully saturated rings. The predicted octanol–water partition coefficient (Wildman–Crippen LogP) is 1.86. The van der Waals surface area contributed by atoms with Gasteiger partial charge in [0.25, 0.3) is 0 Å². The lowest BCUT2D eigenvalue weighted by Gasteiger charge is -2.12. The number of rotatable bonds is 8. The molecule has 0 aromatic carbocycles. The zero-order chi connectivity index (χ0) is 12.4. The Morgan fingerprint density at radius 1 is 1.19 bits per heavy atom. The van der Waals surface area contributed by atoms with E-state index in [0.29, 0.717) is 6.42 Å². The van der Waals surface area contributed by atoms with Gasteiger partial charge in [0, 0.05) is 0 Å². The van der Waals surface area contributed by atoms with Crippen molar-refractivity contribution in [1.82, 2.24) is 0 Å². The zero-order valence-corrected chi connectivity index (χ0v) is 9.61. The second kappa shape index (κ2) is 8.71. The molecule has 0 N–H and O–H groups in total. The van der Waals surface area contributed by atoms with Gasteiger partial charge in [-0.15, -0.1) is 0 Å². The van der Waals surface area contributed by atoms with E-state index in [-0.39, 0.29) is 19.6 Å². The molecule has 16 heavy (non-hydrogen) atoms. The Balaban J connectivity index is 4.06. The van der Waals surface area contributed by atoms with Crippen molar-refractivity contribution in [2.75, 3.05) is 13.2 Å². The van der Waals surface area contributed by atoms with E-state index < -0.39 is 17.9 Å². The summed E-state index contributed by atoms with van der Waals surface area (Å²) in [4.78, 5) is 22.7. The van der Waals surface area contributed by atoms with Crippen LogP contribution in [0.2, 0.25) is 0 Å². The monoisotopic (exact) mass is 226 g/mol. The third-order valence-electron chi connectivity index (χ3n) is 1.94. The third kappa shape index (κ3) is 6.01. The van der Waals surface area contributed by atoms with Crippen LogP contribution < -0.4 is 0 Å². The van der Waals surface area contributed by atoms with Crippen molar-refractivity contribution < 1.29 is 19.1 Å². The van der Waals surface area contributed by atoms with E-state index in [4.69, 9.17) is 9.47 Å². The number of hydrogen-bond donors (Lipinski definition) is 0. The summed E-state index contributed by atoms with van der Waals surface area (Å²) >= 11 is 0. The van der Waals surface area contributed by atoms with Crippen molar-refractivity contribution in [3.63, 3.8) is 0 Å². The molecule has 0 heterocycles. The molecule has 4 heteroatoms. The molecule has 0 spiro atoms. The summed E-state index contributed by atoms with van der Waals surface area (Å²) in [5.74, 6) is -1.25. The van der Waals surface area contributed by atoms with Gasteiger partial charge in [-0.25, -0.2) is 0 Å². The number of ether oxygens (including phenoxy) is 2. The van der Waals surface area contributed by atoms with Crippen LogP contribution in [0, 0.1) is 5.92 Å². The van der Waals surface area contributed by atoms with E-state index in [9.17, 15) is 9.59 Å². The van der Waals surface area contributed by atoms with Gasteiger partial charge < -0.3 is 9.47 Å². The van der Waals surface area contributed by atoms with Gasteiger partial charge in [0.15, 0.2) is 0 Å². The highest BCUT2D eigenvalue weighted by Gasteiger charge is 2.21. The van der Waals surface area contributed by atoms with Crippen molar-refractivity contribution in [2.45, 2.75) is 19.8 Å². The fourth-order valence-electron chi connectivity index (χ4n) is 1.07. The van der Waals surface area contributed by atoms with Crippen LogP contribution in [0.1, 0.15) is 19.8 Å². The zero-order valence-electron chi connectivity index (χ0n) is 9.61. The van der Waals surface area contributed by atoms with Crippen molar-refractivity contribution in [2.24, 2.45) is 5.92 Å². The van der Waals surface area contributed by atoms with Crippen LogP contribution in [0.5, 0.6) is 0 Å². The quantitative estimate of drug-likeness (QED) is 0.468. The van der Waals surface area contributed by atoms with Gasteiger partial charge in [0.2, 0.25) is 0 Å². The molecule has 0 amide bonds. The highest BCUT2D eigenvalue weighted by atomic mass is 16.5. The standard InChI is InChI=1S/C12H18O4/c1-4-7-15-11(13)9-10(6-3)12(14)16-8-5-2/h4-5,10H,1-2,6-9H2,3H3. The third-order valence-corrected chi connectivity index (χ3v) is 1.94. The largest absolute Gasteiger partial charge is 0.461 e. The fourth-order valence-corrected chi connectivity index (χ4v) is 1.07. The van der Waals surface area contributed by atoms with E-state index in [1.54, 1.807) is 0 Å². The lowest BCUT2D eigenvalue weighted by atomic mass is 10.0. The van der Waals surface area contributed by atoms with Crippen LogP contribution in [0.15, 0.2) is 25.3 Å². The molecule has 0 rings (SSSR count). The molecule has 0 aromatic rings. The van der Waals surface area contributed by atoms with Gasteiger partial charge in [-0.2, -0.15) is 0 Å². The van der Waals surface area contributed by atoms with E-state index in [0.717, 1.165) is 0 Å². The Bertz CT molecular complexity index is 258. The van der Waals surface area contributed by atoms with Gasteiger partial charge in [0.05, 0.1) is 12.3 Å². The Kier molecular flexibility index (Phi) is 7.85. The maximum atomic E-state index is 11.4. The van der Waals surface area contributed by atoms with Crippen LogP contribution in [0.3, 0.4) is 0 Å². The Morgan fingerprint density at radius 2 is 1.75 bits per heavy atom. The topological polar surface area (TPSA) is 52.6 Å². The second-order valence-electron chi connectivity index (χ2n) is 3.20. The smallest absolute Gasteiger partial charge is 0.309 e. The number of hydrogen-bond acceptors (Lipinski definition) is 4. The van der Waals surface area contributed by atoms with Crippen LogP contribution in [-0.4, -0.2) is 25.2 Å². The lowest BCUT2D eigenvalue weighted by molar-refractivity contribution is -0.154. The lowest BCUT2D eigenvalue weighted by Crippen LogP contribution is -2.21. The summed E-state index contributed by atoms with van der Waals surface area (Å²) in [6.07, 6.45) is 3.55. The number of carbonyl (C=O) groups is 2. The molecule has 0 saturated carbocycles. The first kappa shape index (κ1) is 14.4. The summed E-state index contributed by atoms with van der Waals surface area (Å²) in [5.41, 5.74) is 0. The van der Waals surface area contributed by atoms with Gasteiger partial charge in [0.1, 0.15) is 13.2 Å². The second-order valence-corrected chi connectivity index (χ2v) is 3.20. The summed E-state index contributed by atoms with van der Waals surface area (Å²) in [6, 6.07) is 0. The van der Waals surface area contributed by atoms with Gasteiger partial charge >= 0.3 is 11.9 Å². The van der Waals surface area contributed by atoms with Crippen molar-refractivity contribution in [3.8, 4) is 0 Å². The first-order chi connectivity index (χ1) is 7.65. The summed E-state index contributed by atoms with van der Waals surface area (Å²) in [6.45, 7) is 9.01. The molecular weight excluding hydrogens is 208 g/mol. The normalized spacial score (nSPS) is 11.3. The minimum absolute atomic E-state index is 0.0420. The summed E-state index contributed by atoms with van der Waals surface area (Å²) in [5, 5.41) is 0. The molecule has 0 aliphatic carbocycles. The molecule has 1 unspecified atom stereocenters. The molecule has 0 aliphatic heterocycles. The molecule has 0 saturated heterocycles. The molecular formula is C12H18O4. The molecule has 1 atom stereocenters. The number of carbonyl (C=O) groups excluding carboxylic acids is 2. The molecule has 0 bridgehead atoms. The average Bonchev–Trinajstić information content (AvgIpc) is 2.30. The molecule has 90 valence electrons. The summed E-state index contributed by atoms with van der Waals surface area (Å²) < 4.78 is 9.66. The maximum Gasteiger partial charge on any atom is 0.309 e. The average molecular weight is 226 g/mol. The fraction of sp³-hybridized carbons (Fsp3) is 0.500. The Morgan fingerprint density at radius 3 is 2.25 bits per heavy atom. The van der Waals surface area contributed by atoms with Crippen molar-refractivity contribution in [3.05, 3.63) is 25.3 Å². The highest BCUT2D eigenvalue weighted by molar-refractivity contribution is 5.80. The van der Waals surface area contributed by atoms with E-state index >= 15 is 0 Å². The van der Waals surface area contributed by atoms with Crippen LogP contribution in [0.25, 0.3) is 0 Å². The predicted molar refractivity (Wildman–Crippen MR) is 60.7 cm³/mol. The van der Waals surface area contributed by atoms with Crippen LogP contribution in [0.4, 0.5) is 0 Å². The Labute approximate surface area is 95.9 Å². The number of esters is 2. The summed E-state index contributed by atoms with van der Waals surface area (Å²) in [7, 11) is 0. The van der Waals surface area contributed by atoms with Crippen molar-refractivity contribution in [1.29, 1.82) is 0 Å². The molecule has 0 aromatic heterocycles. The SMILES string of the molecule is C=CCOC(=O)CC(CC)C(=O)OCC=C. The Hall–Kier alpha value is -1.58.